The average Bonchev–Trinajstić information content (AvgIpc) is 3.82. The molecule has 19 heteroatoms. The van der Waals surface area contributed by atoms with Gasteiger partial charge in [0.1, 0.15) is 0 Å². The first-order chi connectivity index (χ1) is 24.2. The molecule has 4 aromatic heterocycles. The van der Waals surface area contributed by atoms with E-state index in [4.69, 9.17) is 0 Å². The van der Waals surface area contributed by atoms with Crippen LogP contribution in [0.2, 0.25) is 0 Å². The summed E-state index contributed by atoms with van der Waals surface area (Å²) in [6.07, 6.45) is -6.89. The van der Waals surface area contributed by atoms with Gasteiger partial charge in [0.2, 0.25) is 17.3 Å². The molecule has 1 N–H and O–H groups in total. The standard InChI is InChI=1S/C16H10F3N3O3.C8H7BrO.C8H4F3N3O2.CH4/c17-16(18,19)15-21-20-14(25-15)11-6-7-22(13(24)8-11)9-12(23)10-4-2-1-3-5-10;9-6-8(10)7-4-2-1-3-5-7;9-8(10,11)7-14-13-6(16-7)4-1-2-12-5(15)3-4;/h1-8H,9H2;1-5H,6H2;1-3H,(H,12,15);1H4. The Balaban J connectivity index is 0.000000231. The minimum absolute atomic E-state index is 0. The fourth-order valence-electron chi connectivity index (χ4n) is 3.83. The number of carbonyl (C=O) groups is 2. The molecule has 0 aliphatic rings. The Morgan fingerprint density at radius 3 is 1.60 bits per heavy atom. The summed E-state index contributed by atoms with van der Waals surface area (Å²) in [4.78, 5) is 48.4. The van der Waals surface area contributed by atoms with Crippen molar-refractivity contribution < 1.29 is 44.8 Å². The molecule has 0 unspecified atom stereocenters. The number of nitrogens with one attached hydrogen (secondary N) is 1. The molecule has 272 valence electrons. The number of H-pyrrole nitrogens is 1. The highest BCUT2D eigenvalue weighted by Gasteiger charge is 2.39. The van der Waals surface area contributed by atoms with E-state index >= 15 is 0 Å². The lowest BCUT2D eigenvalue weighted by molar-refractivity contribution is -0.157. The van der Waals surface area contributed by atoms with Gasteiger partial charge in [-0.25, -0.2) is 0 Å². The third kappa shape index (κ3) is 11.3. The molecule has 6 rings (SSSR count). The molecule has 4 heterocycles. The largest absolute Gasteiger partial charge is 0.470 e. The van der Waals surface area contributed by atoms with Crippen molar-refractivity contribution in [2.45, 2.75) is 26.3 Å². The van der Waals surface area contributed by atoms with Crippen LogP contribution in [0, 0.1) is 0 Å². The number of ketones is 2. The molecule has 0 saturated heterocycles. The van der Waals surface area contributed by atoms with Crippen molar-refractivity contribution in [3.8, 4) is 22.9 Å². The number of halogens is 7. The molecule has 52 heavy (non-hydrogen) atoms. The number of hydrogen-bond donors (Lipinski definition) is 1. The van der Waals surface area contributed by atoms with Crippen molar-refractivity contribution in [1.29, 1.82) is 0 Å². The van der Waals surface area contributed by atoms with Crippen LogP contribution in [0.25, 0.3) is 22.9 Å². The number of aromatic amines is 1. The summed E-state index contributed by atoms with van der Waals surface area (Å²) in [6.45, 7) is -0.194. The second-order valence-electron chi connectivity index (χ2n) is 9.86. The van der Waals surface area contributed by atoms with Crippen LogP contribution in [0.5, 0.6) is 0 Å². The highest BCUT2D eigenvalue weighted by molar-refractivity contribution is 9.09. The summed E-state index contributed by atoms with van der Waals surface area (Å²) in [5.74, 6) is -3.86. The summed E-state index contributed by atoms with van der Waals surface area (Å²) in [5, 5.41) is 12.6. The predicted octanol–water partition coefficient (Wildman–Crippen LogP) is 7.14. The van der Waals surface area contributed by atoms with Gasteiger partial charge < -0.3 is 18.4 Å². The van der Waals surface area contributed by atoms with Gasteiger partial charge in [-0.2, -0.15) is 26.3 Å². The Kier molecular flexibility index (Phi) is 13.8. The lowest BCUT2D eigenvalue weighted by atomic mass is 10.1. The van der Waals surface area contributed by atoms with E-state index in [-0.39, 0.29) is 42.6 Å². The lowest BCUT2D eigenvalue weighted by Gasteiger charge is -2.05. The van der Waals surface area contributed by atoms with Crippen molar-refractivity contribution in [2.24, 2.45) is 0 Å². The second-order valence-corrected chi connectivity index (χ2v) is 10.4. The fraction of sp³-hybridized carbons (Fsp3) is 0.152. The maximum absolute atomic E-state index is 12.5. The van der Waals surface area contributed by atoms with Gasteiger partial charge in [-0.05, 0) is 12.1 Å². The third-order valence-corrected chi connectivity index (χ3v) is 6.74. The Morgan fingerprint density at radius 2 is 1.17 bits per heavy atom. The van der Waals surface area contributed by atoms with Crippen molar-refractivity contribution in [2.75, 3.05) is 5.33 Å². The van der Waals surface area contributed by atoms with E-state index in [0.29, 0.717) is 10.9 Å². The number of benzene rings is 2. The van der Waals surface area contributed by atoms with Gasteiger partial charge >= 0.3 is 24.1 Å². The van der Waals surface area contributed by atoms with E-state index in [1.807, 2.05) is 30.3 Å². The minimum atomic E-state index is -4.76. The number of rotatable bonds is 7. The Labute approximate surface area is 297 Å². The van der Waals surface area contributed by atoms with Crippen LogP contribution in [-0.2, 0) is 18.9 Å². The molecular formula is C33H25BrF6N6O6. The van der Waals surface area contributed by atoms with Gasteiger partial charge in [0.15, 0.2) is 11.6 Å². The molecule has 0 atom stereocenters. The van der Waals surface area contributed by atoms with Crippen LogP contribution in [-0.4, -0.2) is 46.8 Å². The monoisotopic (exact) mass is 794 g/mol. The van der Waals surface area contributed by atoms with E-state index in [1.54, 1.807) is 30.3 Å². The smallest absolute Gasteiger partial charge is 0.413 e. The topological polar surface area (TPSA) is 167 Å². The van der Waals surface area contributed by atoms with Crippen molar-refractivity contribution >= 4 is 27.5 Å². The summed E-state index contributed by atoms with van der Waals surface area (Å²) < 4.78 is 83.8. The normalized spacial score (nSPS) is 10.9. The summed E-state index contributed by atoms with van der Waals surface area (Å²) in [7, 11) is 0. The van der Waals surface area contributed by atoms with Crippen LogP contribution in [0.4, 0.5) is 26.3 Å². The Morgan fingerprint density at radius 1 is 0.692 bits per heavy atom. The van der Waals surface area contributed by atoms with Gasteiger partial charge in [-0.15, -0.1) is 20.4 Å². The van der Waals surface area contributed by atoms with Crippen LogP contribution in [0.15, 0.2) is 116 Å². The first-order valence-corrected chi connectivity index (χ1v) is 15.2. The molecule has 12 nitrogen and oxygen atoms in total. The zero-order chi connectivity index (χ0) is 37.2. The van der Waals surface area contributed by atoms with Gasteiger partial charge in [0.25, 0.3) is 5.56 Å². The highest BCUT2D eigenvalue weighted by atomic mass is 79.9. The first kappa shape index (κ1) is 40.4. The Hall–Kier alpha value is -5.98. The third-order valence-electron chi connectivity index (χ3n) is 6.23. The van der Waals surface area contributed by atoms with Gasteiger partial charge in [0, 0.05) is 46.8 Å². The molecule has 0 fully saturated rings. The average molecular weight is 795 g/mol. The molecule has 2 aromatic carbocycles. The molecule has 0 radical (unpaired) electrons. The van der Waals surface area contributed by atoms with Crippen LogP contribution < -0.4 is 11.1 Å². The first-order valence-electron chi connectivity index (χ1n) is 14.1. The number of hydrogen-bond acceptors (Lipinski definition) is 10. The number of alkyl halides is 7. The number of nitrogens with zero attached hydrogens (tertiary/aromatic N) is 5. The van der Waals surface area contributed by atoms with E-state index in [0.717, 1.165) is 22.3 Å². The van der Waals surface area contributed by atoms with Crippen molar-refractivity contribution in [3.63, 3.8) is 0 Å². The van der Waals surface area contributed by atoms with Crippen LogP contribution in [0.3, 0.4) is 0 Å². The summed E-state index contributed by atoms with van der Waals surface area (Å²) in [6, 6.07) is 22.4. The minimum Gasteiger partial charge on any atom is -0.413 e. The molecule has 6 aromatic rings. The molecule has 0 aliphatic carbocycles. The van der Waals surface area contributed by atoms with Gasteiger partial charge in [0.05, 0.1) is 11.9 Å². The highest BCUT2D eigenvalue weighted by Crippen LogP contribution is 2.31. The zero-order valence-electron chi connectivity index (χ0n) is 25.5. The molecule has 0 bridgehead atoms. The SMILES string of the molecule is C.O=C(CBr)c1ccccc1.O=C(Cn1ccc(-c2nnc(C(F)(F)F)o2)cc1=O)c1ccccc1.O=c1cc(-c2nnc(C(F)(F)F)o2)cc[nH]1. The molecule has 0 amide bonds. The van der Waals surface area contributed by atoms with E-state index < -0.39 is 41.1 Å². The Bertz CT molecular complexity index is 2200. The fourth-order valence-corrected chi connectivity index (χ4v) is 4.15. The van der Waals surface area contributed by atoms with Crippen LogP contribution >= 0.6 is 15.9 Å². The maximum Gasteiger partial charge on any atom is 0.470 e. The number of Topliss-reactive ketones (excluding diaryl/α,β-unsaturated/α-hetero) is 2. The lowest BCUT2D eigenvalue weighted by Crippen LogP contribution is -2.23. The maximum atomic E-state index is 12.5. The molecule has 0 saturated carbocycles. The molecule has 0 spiro atoms. The summed E-state index contributed by atoms with van der Waals surface area (Å²) in [5.41, 5.74) is 0.338. The van der Waals surface area contributed by atoms with Crippen molar-refractivity contribution in [1.82, 2.24) is 29.9 Å². The van der Waals surface area contributed by atoms with Crippen LogP contribution in [0.1, 0.15) is 39.9 Å². The number of pyridine rings is 2. The molecule has 0 aliphatic heterocycles. The zero-order valence-corrected chi connectivity index (χ0v) is 27.1. The number of aromatic nitrogens is 6. The van der Waals surface area contributed by atoms with E-state index in [2.05, 4.69) is 50.1 Å². The quantitative estimate of drug-likeness (QED) is 0.0997. The summed E-state index contributed by atoms with van der Waals surface area (Å²) >= 11 is 3.10. The molecular weight excluding hydrogens is 770 g/mol. The second kappa shape index (κ2) is 17.8. The number of carbonyl (C=O) groups excluding carboxylic acids is 2. The van der Waals surface area contributed by atoms with Gasteiger partial charge in [-0.1, -0.05) is 84.0 Å². The van der Waals surface area contributed by atoms with Gasteiger partial charge in [-0.3, -0.25) is 19.2 Å². The van der Waals surface area contributed by atoms with E-state index in [1.165, 1.54) is 24.5 Å². The van der Waals surface area contributed by atoms with Crippen molar-refractivity contribution in [3.05, 3.63) is 141 Å². The predicted molar refractivity (Wildman–Crippen MR) is 176 cm³/mol. The van der Waals surface area contributed by atoms with E-state index in [9.17, 15) is 45.5 Å².